The van der Waals surface area contributed by atoms with E-state index in [2.05, 4.69) is 25.5 Å². The molecule has 0 spiro atoms. The Morgan fingerprint density at radius 2 is 2.10 bits per heavy atom. The Labute approximate surface area is 237 Å². The van der Waals surface area contributed by atoms with Crippen LogP contribution in [-0.2, 0) is 0 Å². The number of carbonyl (C=O) groups is 1. The van der Waals surface area contributed by atoms with Crippen molar-refractivity contribution in [3.05, 3.63) is 64.0 Å². The number of aromatic amines is 1. The highest BCUT2D eigenvalue weighted by atomic mass is 35.5. The number of H-pyrrole nitrogens is 1. The first-order valence-electron chi connectivity index (χ1n) is 12.8. The van der Waals surface area contributed by atoms with Crippen LogP contribution >= 0.6 is 22.9 Å². The van der Waals surface area contributed by atoms with E-state index in [-0.39, 0.29) is 11.5 Å². The van der Waals surface area contributed by atoms with Crippen LogP contribution in [0, 0.1) is 5.82 Å². The molecule has 4 aromatic heterocycles. The van der Waals surface area contributed by atoms with Crippen molar-refractivity contribution in [1.29, 1.82) is 0 Å². The first kappa shape index (κ1) is 26.4. The number of nitrogens with zero attached hydrogens (tertiary/aromatic N) is 5. The summed E-state index contributed by atoms with van der Waals surface area (Å²) < 4.78 is 23.3. The molecule has 0 unspecified atom stereocenters. The molecule has 0 radical (unpaired) electrons. The van der Waals surface area contributed by atoms with E-state index in [0.717, 1.165) is 12.8 Å². The molecule has 10 nitrogen and oxygen atoms in total. The van der Waals surface area contributed by atoms with E-state index in [1.54, 1.807) is 36.5 Å². The smallest absolute Gasteiger partial charge is 0.261 e. The minimum absolute atomic E-state index is 0.174. The van der Waals surface area contributed by atoms with Gasteiger partial charge < -0.3 is 19.7 Å². The molecule has 1 aliphatic carbocycles. The Bertz CT molecular complexity index is 1670. The first-order valence-corrected chi connectivity index (χ1v) is 13.9. The van der Waals surface area contributed by atoms with Gasteiger partial charge in [0, 0.05) is 0 Å². The second-order valence-corrected chi connectivity index (χ2v) is 11.3. The largest absolute Gasteiger partial charge is 0.496 e. The summed E-state index contributed by atoms with van der Waals surface area (Å²) in [7, 11) is 1.47. The Kier molecular flexibility index (Phi) is 7.22. The molecule has 1 saturated carbocycles. The van der Waals surface area contributed by atoms with Crippen LogP contribution in [0.4, 0.5) is 4.39 Å². The van der Waals surface area contributed by atoms with Crippen LogP contribution < -0.4 is 10.1 Å². The monoisotopic (exact) mass is 581 g/mol. The lowest BCUT2D eigenvalue weighted by Crippen LogP contribution is -2.46. The maximum absolute atomic E-state index is 15.4. The van der Waals surface area contributed by atoms with Crippen LogP contribution in [0.2, 0.25) is 4.34 Å². The van der Waals surface area contributed by atoms with E-state index in [4.69, 9.17) is 21.3 Å². The van der Waals surface area contributed by atoms with Gasteiger partial charge >= 0.3 is 0 Å². The number of pyridine rings is 1. The van der Waals surface area contributed by atoms with Crippen LogP contribution in [0.25, 0.3) is 33.9 Å². The molecule has 0 bridgehead atoms. The van der Waals surface area contributed by atoms with Crippen molar-refractivity contribution in [3.63, 3.8) is 0 Å². The Balaban J connectivity index is 1.49. The summed E-state index contributed by atoms with van der Waals surface area (Å²) in [5.74, 6) is 0.248. The third kappa shape index (κ3) is 4.82. The van der Waals surface area contributed by atoms with Crippen molar-refractivity contribution in [2.45, 2.75) is 43.9 Å². The lowest BCUT2D eigenvalue weighted by molar-refractivity contribution is 0.0659. The molecule has 0 aliphatic heterocycles. The molecule has 0 saturated heterocycles. The number of aliphatic hydroxyl groups excluding tert-OH is 1. The molecule has 40 heavy (non-hydrogen) atoms. The summed E-state index contributed by atoms with van der Waals surface area (Å²) in [6, 6.07) is 8.59. The second-order valence-electron chi connectivity index (χ2n) is 9.54. The van der Waals surface area contributed by atoms with Gasteiger partial charge in [-0.05, 0) is 43.2 Å². The topological polar surface area (TPSA) is 131 Å². The minimum Gasteiger partial charge on any atom is -0.496 e. The molecule has 5 aromatic rings. The maximum Gasteiger partial charge on any atom is 0.261 e. The average Bonchev–Trinajstić information content (AvgIpc) is 3.70. The van der Waals surface area contributed by atoms with Crippen LogP contribution in [-0.4, -0.2) is 60.0 Å². The number of halogens is 2. The molecule has 4 heterocycles. The number of aliphatic hydroxyl groups is 1. The van der Waals surface area contributed by atoms with Crippen molar-refractivity contribution in [3.8, 4) is 28.7 Å². The average molecular weight is 582 g/mol. The molecule has 3 atom stereocenters. The van der Waals surface area contributed by atoms with Gasteiger partial charge in [0.05, 0.1) is 51.8 Å². The number of rotatable bonds is 6. The van der Waals surface area contributed by atoms with Crippen LogP contribution in [0.1, 0.15) is 41.4 Å². The molecule has 1 aromatic carbocycles. The Morgan fingerprint density at radius 3 is 2.85 bits per heavy atom. The van der Waals surface area contributed by atoms with Crippen molar-refractivity contribution in [2.24, 2.45) is 0 Å². The zero-order valence-electron chi connectivity index (χ0n) is 21.3. The number of thiophene rings is 1. The third-order valence-corrected chi connectivity index (χ3v) is 8.40. The van der Waals surface area contributed by atoms with Gasteiger partial charge in [-0.15, -0.1) is 11.3 Å². The normalized spacial score (nSPS) is 19.4. The minimum atomic E-state index is -1.00. The fraction of sp³-hybridized carbons (Fsp3) is 0.296. The Hall–Kier alpha value is -3.87. The molecular weight excluding hydrogens is 557 g/mol. The third-order valence-electron chi connectivity index (χ3n) is 7.17. The first-order chi connectivity index (χ1) is 19.4. The van der Waals surface area contributed by atoms with Crippen LogP contribution in [0.5, 0.6) is 5.75 Å². The lowest BCUT2D eigenvalue weighted by atomic mass is 10.00. The molecule has 1 aliphatic rings. The maximum atomic E-state index is 15.4. The number of fused-ring (bicyclic) bond motifs is 1. The Morgan fingerprint density at radius 1 is 1.25 bits per heavy atom. The van der Waals surface area contributed by atoms with E-state index >= 15 is 4.39 Å². The number of imidazole rings is 1. The van der Waals surface area contributed by atoms with Gasteiger partial charge in [-0.25, -0.2) is 14.4 Å². The number of carbonyl (C=O) groups excluding carboxylic acids is 1. The quantitative estimate of drug-likeness (QED) is 0.240. The number of aromatic nitrogens is 6. The molecule has 206 valence electrons. The second kappa shape index (κ2) is 11.0. The van der Waals surface area contributed by atoms with Crippen LogP contribution in [0.3, 0.4) is 0 Å². The number of benzene rings is 1. The summed E-state index contributed by atoms with van der Waals surface area (Å²) >= 11 is 7.21. The number of hydrogen-bond donors (Lipinski definition) is 3. The van der Waals surface area contributed by atoms with E-state index in [9.17, 15) is 9.90 Å². The van der Waals surface area contributed by atoms with Gasteiger partial charge in [-0.3, -0.25) is 14.9 Å². The number of ether oxygens (including phenoxy) is 1. The fourth-order valence-electron chi connectivity index (χ4n) is 5.30. The number of hydrogen-bond acceptors (Lipinski definition) is 8. The standard InChI is InChI=1S/C27H25ClFN7O3S/c1-39-20-8-4-5-14(29)23(20)26-33-17-12-30-16(25-31-13-32-35-25)11-19(17)36(26)18-7-3-2-6-15(24(18)37)34-27(38)21-9-10-22(28)40-21/h4-5,8-13,15,18,24,37H,2-3,6-7H2,1H3,(H,34,38)(H,31,32,35)/t15-,18+,24+/m1/s1. The van der Waals surface area contributed by atoms with E-state index in [1.165, 1.54) is 30.8 Å². The van der Waals surface area contributed by atoms with E-state index < -0.39 is 24.0 Å². The highest BCUT2D eigenvalue weighted by Crippen LogP contribution is 2.40. The lowest BCUT2D eigenvalue weighted by Gasteiger charge is -2.30. The zero-order valence-corrected chi connectivity index (χ0v) is 22.9. The SMILES string of the molecule is COc1cccc(F)c1-c1nc2cnc(-c3ncn[nH]3)cc2n1[C@H]1CCCC[C@@H](NC(=O)c2ccc(Cl)s2)[C@@H]1O. The van der Waals surface area contributed by atoms with Gasteiger partial charge in [0.15, 0.2) is 5.82 Å². The summed E-state index contributed by atoms with van der Waals surface area (Å²) in [5.41, 5.74) is 1.82. The predicted molar refractivity (Wildman–Crippen MR) is 149 cm³/mol. The van der Waals surface area contributed by atoms with Crippen molar-refractivity contribution < 1.29 is 19.0 Å². The van der Waals surface area contributed by atoms with E-state index in [1.807, 2.05) is 4.57 Å². The van der Waals surface area contributed by atoms with Gasteiger partial charge in [0.25, 0.3) is 5.91 Å². The van der Waals surface area contributed by atoms with Crippen molar-refractivity contribution >= 4 is 39.9 Å². The summed E-state index contributed by atoms with van der Waals surface area (Å²) in [6.07, 6.45) is 4.70. The highest BCUT2D eigenvalue weighted by molar-refractivity contribution is 7.18. The molecule has 13 heteroatoms. The van der Waals surface area contributed by atoms with Crippen molar-refractivity contribution in [2.75, 3.05) is 7.11 Å². The number of nitrogens with one attached hydrogen (secondary N) is 2. The van der Waals surface area contributed by atoms with Gasteiger partial charge in [-0.2, -0.15) is 5.10 Å². The zero-order chi connectivity index (χ0) is 27.8. The van der Waals surface area contributed by atoms with Crippen molar-refractivity contribution in [1.82, 2.24) is 35.0 Å². The van der Waals surface area contributed by atoms with Gasteiger partial charge in [0.1, 0.15) is 34.9 Å². The van der Waals surface area contributed by atoms with E-state index in [0.29, 0.717) is 56.2 Å². The summed E-state index contributed by atoms with van der Waals surface area (Å²) in [6.45, 7) is 0. The van der Waals surface area contributed by atoms with Crippen LogP contribution in [0.15, 0.2) is 48.9 Å². The number of amides is 1. The predicted octanol–water partition coefficient (Wildman–Crippen LogP) is 5.02. The summed E-state index contributed by atoms with van der Waals surface area (Å²) in [5, 5.41) is 21.5. The molecule has 1 amide bonds. The molecule has 6 rings (SSSR count). The van der Waals surface area contributed by atoms with Gasteiger partial charge in [-0.1, -0.05) is 30.5 Å². The number of methoxy groups -OCH3 is 1. The molecular formula is C27H25ClFN7O3S. The van der Waals surface area contributed by atoms with Gasteiger partial charge in [0.2, 0.25) is 0 Å². The highest BCUT2D eigenvalue weighted by Gasteiger charge is 2.36. The molecule has 1 fully saturated rings. The fourth-order valence-corrected chi connectivity index (χ4v) is 6.25. The molecule has 3 N–H and O–H groups in total. The summed E-state index contributed by atoms with van der Waals surface area (Å²) in [4.78, 5) is 26.9.